The molecule has 132 valence electrons. The molecule has 4 rings (SSSR count). The zero-order chi connectivity index (χ0) is 17.6. The molecule has 1 aromatic carbocycles. The fourth-order valence-electron chi connectivity index (χ4n) is 2.69. The number of aromatic nitrogens is 4. The molecule has 0 aliphatic carbocycles. The van der Waals surface area contributed by atoms with Crippen molar-refractivity contribution in [3.63, 3.8) is 0 Å². The monoisotopic (exact) mass is 349 g/mol. The summed E-state index contributed by atoms with van der Waals surface area (Å²) in [6, 6.07) is 11.9. The van der Waals surface area contributed by atoms with Gasteiger partial charge in [-0.05, 0) is 36.4 Å². The van der Waals surface area contributed by atoms with Crippen LogP contribution in [0.25, 0.3) is 0 Å². The molecule has 3 heterocycles. The highest BCUT2D eigenvalue weighted by Crippen LogP contribution is 2.21. The SMILES string of the molecule is c1cc(Nc2nccc(Nc3ccc(N4CCOCC4)cc3)n2)ncn1. The second-order valence-corrected chi connectivity index (χ2v) is 5.76. The third-order valence-corrected chi connectivity index (χ3v) is 3.99. The first-order valence-electron chi connectivity index (χ1n) is 8.43. The van der Waals surface area contributed by atoms with Gasteiger partial charge in [0.2, 0.25) is 5.95 Å². The number of hydrogen-bond donors (Lipinski definition) is 2. The average Bonchev–Trinajstić information content (AvgIpc) is 2.70. The van der Waals surface area contributed by atoms with Crippen molar-refractivity contribution in [3.05, 3.63) is 55.1 Å². The van der Waals surface area contributed by atoms with Crippen molar-refractivity contribution in [2.45, 2.75) is 0 Å². The molecule has 2 N–H and O–H groups in total. The fourth-order valence-corrected chi connectivity index (χ4v) is 2.69. The lowest BCUT2D eigenvalue weighted by Crippen LogP contribution is -2.36. The third kappa shape index (κ3) is 4.04. The molecular formula is C18H19N7O. The molecule has 3 aromatic rings. The first kappa shape index (κ1) is 16.2. The predicted octanol–water partition coefficient (Wildman–Crippen LogP) is 2.59. The molecule has 1 aliphatic rings. The third-order valence-electron chi connectivity index (χ3n) is 3.99. The van der Waals surface area contributed by atoms with Crippen molar-refractivity contribution in [1.82, 2.24) is 19.9 Å². The normalized spacial score (nSPS) is 14.1. The molecule has 8 heteroatoms. The van der Waals surface area contributed by atoms with Gasteiger partial charge in [0.1, 0.15) is 18.0 Å². The average molecular weight is 349 g/mol. The minimum Gasteiger partial charge on any atom is -0.378 e. The van der Waals surface area contributed by atoms with Crippen LogP contribution in [0.3, 0.4) is 0 Å². The quantitative estimate of drug-likeness (QED) is 0.727. The van der Waals surface area contributed by atoms with Gasteiger partial charge < -0.3 is 20.3 Å². The van der Waals surface area contributed by atoms with Crippen LogP contribution in [0.4, 0.5) is 29.0 Å². The number of benzene rings is 1. The highest BCUT2D eigenvalue weighted by Gasteiger charge is 2.10. The van der Waals surface area contributed by atoms with Gasteiger partial charge in [-0.15, -0.1) is 0 Å². The van der Waals surface area contributed by atoms with Crippen molar-refractivity contribution >= 4 is 29.0 Å². The minimum absolute atomic E-state index is 0.471. The molecular weight excluding hydrogens is 330 g/mol. The van der Waals surface area contributed by atoms with Crippen molar-refractivity contribution in [2.75, 3.05) is 41.8 Å². The molecule has 1 fully saturated rings. The van der Waals surface area contributed by atoms with E-state index in [0.29, 0.717) is 17.6 Å². The fraction of sp³-hybridized carbons (Fsp3) is 0.222. The number of anilines is 5. The Morgan fingerprint density at radius 1 is 0.846 bits per heavy atom. The molecule has 26 heavy (non-hydrogen) atoms. The van der Waals surface area contributed by atoms with Gasteiger partial charge in [0.25, 0.3) is 0 Å². The number of nitrogens with one attached hydrogen (secondary N) is 2. The number of hydrogen-bond acceptors (Lipinski definition) is 8. The van der Waals surface area contributed by atoms with E-state index in [1.54, 1.807) is 18.5 Å². The Hall–Kier alpha value is -3.26. The summed E-state index contributed by atoms with van der Waals surface area (Å²) in [5, 5.41) is 6.34. The van der Waals surface area contributed by atoms with E-state index in [-0.39, 0.29) is 0 Å². The molecule has 2 aromatic heterocycles. The van der Waals surface area contributed by atoms with Crippen molar-refractivity contribution in [3.8, 4) is 0 Å². The van der Waals surface area contributed by atoms with E-state index >= 15 is 0 Å². The van der Waals surface area contributed by atoms with E-state index in [1.807, 2.05) is 18.2 Å². The Kier molecular flexibility index (Phi) is 4.83. The summed E-state index contributed by atoms with van der Waals surface area (Å²) < 4.78 is 5.40. The summed E-state index contributed by atoms with van der Waals surface area (Å²) >= 11 is 0. The highest BCUT2D eigenvalue weighted by molar-refractivity contribution is 5.62. The van der Waals surface area contributed by atoms with Crippen molar-refractivity contribution in [2.24, 2.45) is 0 Å². The lowest BCUT2D eigenvalue weighted by atomic mass is 10.2. The number of ether oxygens (including phenoxy) is 1. The van der Waals surface area contributed by atoms with E-state index in [9.17, 15) is 0 Å². The minimum atomic E-state index is 0.471. The van der Waals surface area contributed by atoms with Crippen LogP contribution in [-0.2, 0) is 4.74 Å². The van der Waals surface area contributed by atoms with Gasteiger partial charge in [0, 0.05) is 36.9 Å². The van der Waals surface area contributed by atoms with E-state index in [4.69, 9.17) is 4.74 Å². The topological polar surface area (TPSA) is 88.1 Å². The van der Waals surface area contributed by atoms with Crippen LogP contribution < -0.4 is 15.5 Å². The second kappa shape index (κ2) is 7.75. The van der Waals surface area contributed by atoms with Crippen LogP contribution in [0.1, 0.15) is 0 Å². The predicted molar refractivity (Wildman–Crippen MR) is 100 cm³/mol. The Morgan fingerprint density at radius 3 is 2.42 bits per heavy atom. The molecule has 0 saturated carbocycles. The number of nitrogens with zero attached hydrogens (tertiary/aromatic N) is 5. The Morgan fingerprint density at radius 2 is 1.65 bits per heavy atom. The van der Waals surface area contributed by atoms with Crippen LogP contribution in [0.5, 0.6) is 0 Å². The van der Waals surface area contributed by atoms with E-state index < -0.39 is 0 Å². The lowest BCUT2D eigenvalue weighted by molar-refractivity contribution is 0.122. The summed E-state index contributed by atoms with van der Waals surface area (Å²) in [5.41, 5.74) is 2.17. The molecule has 0 amide bonds. The van der Waals surface area contributed by atoms with E-state index in [0.717, 1.165) is 32.0 Å². The second-order valence-electron chi connectivity index (χ2n) is 5.76. The maximum Gasteiger partial charge on any atom is 0.230 e. The summed E-state index contributed by atoms with van der Waals surface area (Å²) in [5.74, 6) is 1.82. The van der Waals surface area contributed by atoms with Gasteiger partial charge in [0.05, 0.1) is 13.2 Å². The van der Waals surface area contributed by atoms with Crippen LogP contribution in [0.15, 0.2) is 55.1 Å². The van der Waals surface area contributed by atoms with Crippen LogP contribution in [-0.4, -0.2) is 46.2 Å². The zero-order valence-corrected chi connectivity index (χ0v) is 14.2. The first-order chi connectivity index (χ1) is 12.9. The zero-order valence-electron chi connectivity index (χ0n) is 14.2. The van der Waals surface area contributed by atoms with Gasteiger partial charge in [-0.1, -0.05) is 0 Å². The molecule has 0 unspecified atom stereocenters. The summed E-state index contributed by atoms with van der Waals surface area (Å²) in [6.45, 7) is 3.42. The first-order valence-corrected chi connectivity index (χ1v) is 8.43. The lowest BCUT2D eigenvalue weighted by Gasteiger charge is -2.28. The van der Waals surface area contributed by atoms with Crippen LogP contribution in [0, 0.1) is 0 Å². The number of rotatable bonds is 5. The molecule has 1 saturated heterocycles. The van der Waals surface area contributed by atoms with Crippen molar-refractivity contribution in [1.29, 1.82) is 0 Å². The summed E-state index contributed by atoms with van der Waals surface area (Å²) in [4.78, 5) is 19.0. The van der Waals surface area contributed by atoms with Crippen molar-refractivity contribution < 1.29 is 4.74 Å². The van der Waals surface area contributed by atoms with Gasteiger partial charge in [-0.2, -0.15) is 4.98 Å². The van der Waals surface area contributed by atoms with Gasteiger partial charge in [0.15, 0.2) is 0 Å². The van der Waals surface area contributed by atoms with Gasteiger partial charge >= 0.3 is 0 Å². The summed E-state index contributed by atoms with van der Waals surface area (Å²) in [6.07, 6.45) is 4.83. The molecule has 0 radical (unpaired) electrons. The molecule has 8 nitrogen and oxygen atoms in total. The van der Waals surface area contributed by atoms with Gasteiger partial charge in [-0.3, -0.25) is 0 Å². The maximum absolute atomic E-state index is 5.40. The Balaban J connectivity index is 1.43. The molecule has 0 bridgehead atoms. The Labute approximate surface area is 151 Å². The maximum atomic E-state index is 5.40. The smallest absolute Gasteiger partial charge is 0.230 e. The van der Waals surface area contributed by atoms with E-state index in [1.165, 1.54) is 12.0 Å². The standard InChI is InChI=1S/C18H19N7O/c1-3-15(25-9-11-26-12-10-25)4-2-14(1)22-17-6-8-20-18(24-17)23-16-5-7-19-13-21-16/h1-8,13H,9-12H2,(H2,19,20,21,22,23,24). The Bertz CT molecular complexity index is 836. The van der Waals surface area contributed by atoms with Crippen LogP contribution >= 0.6 is 0 Å². The van der Waals surface area contributed by atoms with Crippen LogP contribution in [0.2, 0.25) is 0 Å². The summed E-state index contributed by atoms with van der Waals surface area (Å²) in [7, 11) is 0. The largest absolute Gasteiger partial charge is 0.378 e. The number of morpholine rings is 1. The molecule has 1 aliphatic heterocycles. The highest BCUT2D eigenvalue weighted by atomic mass is 16.5. The molecule has 0 atom stereocenters. The van der Waals surface area contributed by atoms with Gasteiger partial charge in [-0.25, -0.2) is 15.0 Å². The molecule has 0 spiro atoms. The van der Waals surface area contributed by atoms with E-state index in [2.05, 4.69) is 47.6 Å².